The van der Waals surface area contributed by atoms with E-state index in [9.17, 15) is 13.2 Å². The third-order valence-electron chi connectivity index (χ3n) is 3.75. The molecule has 1 fully saturated rings. The van der Waals surface area contributed by atoms with Crippen LogP contribution in [0, 0.1) is 6.92 Å². The Morgan fingerprint density at radius 3 is 2.57 bits per heavy atom. The highest BCUT2D eigenvalue weighted by atomic mass is 32.2. The van der Waals surface area contributed by atoms with Crippen molar-refractivity contribution in [3.63, 3.8) is 0 Å². The van der Waals surface area contributed by atoms with Crippen LogP contribution in [0.3, 0.4) is 0 Å². The second-order valence-electron chi connectivity index (χ2n) is 5.30. The number of aromatic amines is 1. The maximum absolute atomic E-state index is 12.8. The SMILES string of the molecule is Cc1ccc(-c2ccc(=O)[nH]n2)cc1S(=O)(=O)N1CCOCC1. The van der Waals surface area contributed by atoms with Gasteiger partial charge in [0.25, 0.3) is 5.56 Å². The van der Waals surface area contributed by atoms with Crippen LogP contribution in [0.2, 0.25) is 0 Å². The molecule has 0 aliphatic carbocycles. The molecule has 0 radical (unpaired) electrons. The van der Waals surface area contributed by atoms with Gasteiger partial charge in [-0.25, -0.2) is 13.5 Å². The zero-order chi connectivity index (χ0) is 16.4. The first-order valence-electron chi connectivity index (χ1n) is 7.23. The molecule has 0 saturated carbocycles. The summed E-state index contributed by atoms with van der Waals surface area (Å²) in [6.07, 6.45) is 0. The van der Waals surface area contributed by atoms with Crippen molar-refractivity contribution in [2.75, 3.05) is 26.3 Å². The summed E-state index contributed by atoms with van der Waals surface area (Å²) in [6.45, 7) is 3.27. The molecule has 0 bridgehead atoms. The van der Waals surface area contributed by atoms with Crippen LogP contribution in [0.15, 0.2) is 40.0 Å². The Labute approximate surface area is 134 Å². The van der Waals surface area contributed by atoms with Crippen molar-refractivity contribution in [1.82, 2.24) is 14.5 Å². The molecule has 0 spiro atoms. The second-order valence-corrected chi connectivity index (χ2v) is 7.21. The Bertz CT molecular complexity index is 850. The summed E-state index contributed by atoms with van der Waals surface area (Å²) in [5, 5.41) is 6.30. The third-order valence-corrected chi connectivity index (χ3v) is 5.79. The van der Waals surface area contributed by atoms with E-state index in [-0.39, 0.29) is 10.5 Å². The lowest BCUT2D eigenvalue weighted by Crippen LogP contribution is -2.40. The summed E-state index contributed by atoms with van der Waals surface area (Å²) in [7, 11) is -3.58. The van der Waals surface area contributed by atoms with Crippen molar-refractivity contribution < 1.29 is 13.2 Å². The van der Waals surface area contributed by atoms with Crippen LogP contribution in [0.1, 0.15) is 5.56 Å². The summed E-state index contributed by atoms with van der Waals surface area (Å²) in [6, 6.07) is 8.05. The number of nitrogens with one attached hydrogen (secondary N) is 1. The lowest BCUT2D eigenvalue weighted by Gasteiger charge is -2.26. The zero-order valence-electron chi connectivity index (χ0n) is 12.7. The van der Waals surface area contributed by atoms with Crippen LogP contribution in [0.5, 0.6) is 0 Å². The lowest BCUT2D eigenvalue weighted by atomic mass is 10.1. The summed E-state index contributed by atoms with van der Waals surface area (Å²) in [5.74, 6) is 0. The van der Waals surface area contributed by atoms with E-state index in [1.165, 1.54) is 10.4 Å². The number of hydrogen-bond acceptors (Lipinski definition) is 5. The first-order valence-corrected chi connectivity index (χ1v) is 8.67. The van der Waals surface area contributed by atoms with Gasteiger partial charge in [0.15, 0.2) is 0 Å². The minimum absolute atomic E-state index is 0.255. The van der Waals surface area contributed by atoms with Gasteiger partial charge in [-0.3, -0.25) is 4.79 Å². The Balaban J connectivity index is 2.03. The highest BCUT2D eigenvalue weighted by molar-refractivity contribution is 7.89. The number of rotatable bonds is 3. The first kappa shape index (κ1) is 15.9. The maximum atomic E-state index is 12.8. The van der Waals surface area contributed by atoms with E-state index in [0.29, 0.717) is 43.1 Å². The van der Waals surface area contributed by atoms with Gasteiger partial charge in [0.2, 0.25) is 10.0 Å². The van der Waals surface area contributed by atoms with E-state index in [2.05, 4.69) is 10.2 Å². The number of hydrogen-bond donors (Lipinski definition) is 1. The molecular weight excluding hydrogens is 318 g/mol. The molecule has 1 aliphatic rings. The minimum atomic E-state index is -3.58. The van der Waals surface area contributed by atoms with E-state index in [1.54, 1.807) is 31.2 Å². The van der Waals surface area contributed by atoms with Gasteiger partial charge in [-0.2, -0.15) is 9.40 Å². The predicted molar refractivity (Wildman–Crippen MR) is 84.6 cm³/mol. The topological polar surface area (TPSA) is 92.4 Å². The predicted octanol–water partition coefficient (Wildman–Crippen LogP) is 0.766. The Morgan fingerprint density at radius 1 is 1.17 bits per heavy atom. The molecule has 0 unspecified atom stereocenters. The lowest BCUT2D eigenvalue weighted by molar-refractivity contribution is 0.0730. The van der Waals surface area contributed by atoms with Crippen molar-refractivity contribution >= 4 is 10.0 Å². The van der Waals surface area contributed by atoms with Crippen LogP contribution < -0.4 is 5.56 Å². The number of morpholine rings is 1. The fourth-order valence-electron chi connectivity index (χ4n) is 2.47. The molecule has 0 atom stereocenters. The molecule has 2 aromatic rings. The Hall–Kier alpha value is -2.03. The molecule has 1 aliphatic heterocycles. The molecule has 0 amide bonds. The normalized spacial score (nSPS) is 16.4. The summed E-state index contributed by atoms with van der Waals surface area (Å²) < 4.78 is 32.3. The monoisotopic (exact) mass is 335 g/mol. The number of nitrogens with zero attached hydrogens (tertiary/aromatic N) is 2. The average Bonchev–Trinajstić information content (AvgIpc) is 2.57. The first-order chi connectivity index (χ1) is 11.0. The highest BCUT2D eigenvalue weighted by Crippen LogP contribution is 2.26. The molecule has 2 heterocycles. The molecule has 8 heteroatoms. The quantitative estimate of drug-likeness (QED) is 0.894. The number of ether oxygens (including phenoxy) is 1. The molecule has 23 heavy (non-hydrogen) atoms. The van der Waals surface area contributed by atoms with Crippen molar-refractivity contribution in [2.24, 2.45) is 0 Å². The summed E-state index contributed by atoms with van der Waals surface area (Å²) in [4.78, 5) is 11.4. The fourth-order valence-corrected chi connectivity index (χ4v) is 4.13. The molecule has 1 aromatic heterocycles. The van der Waals surface area contributed by atoms with Crippen molar-refractivity contribution in [2.45, 2.75) is 11.8 Å². The van der Waals surface area contributed by atoms with Gasteiger partial charge in [-0.15, -0.1) is 0 Å². The zero-order valence-corrected chi connectivity index (χ0v) is 13.5. The number of aromatic nitrogens is 2. The van der Waals surface area contributed by atoms with Crippen LogP contribution in [0.4, 0.5) is 0 Å². The molecule has 3 rings (SSSR count). The standard InChI is InChI=1S/C15H17N3O4S/c1-11-2-3-12(13-4-5-15(19)17-16-13)10-14(11)23(20,21)18-6-8-22-9-7-18/h2-5,10H,6-9H2,1H3,(H,17,19). The number of sulfonamides is 1. The van der Waals surface area contributed by atoms with Gasteiger partial charge in [0.1, 0.15) is 0 Å². The Kier molecular flexibility index (Phi) is 4.29. The number of aryl methyl sites for hydroxylation is 1. The van der Waals surface area contributed by atoms with Gasteiger partial charge in [0, 0.05) is 24.7 Å². The molecule has 7 nitrogen and oxygen atoms in total. The van der Waals surface area contributed by atoms with E-state index in [0.717, 1.165) is 0 Å². The summed E-state index contributed by atoms with van der Waals surface area (Å²) >= 11 is 0. The third kappa shape index (κ3) is 3.19. The maximum Gasteiger partial charge on any atom is 0.264 e. The molecule has 1 N–H and O–H groups in total. The van der Waals surface area contributed by atoms with E-state index < -0.39 is 10.0 Å². The molecule has 1 aromatic carbocycles. The Morgan fingerprint density at radius 2 is 1.91 bits per heavy atom. The minimum Gasteiger partial charge on any atom is -0.379 e. The van der Waals surface area contributed by atoms with Gasteiger partial charge in [-0.1, -0.05) is 12.1 Å². The van der Waals surface area contributed by atoms with Gasteiger partial charge in [-0.05, 0) is 24.6 Å². The molecule has 1 saturated heterocycles. The van der Waals surface area contributed by atoms with Gasteiger partial charge >= 0.3 is 0 Å². The van der Waals surface area contributed by atoms with Crippen LogP contribution in [-0.4, -0.2) is 49.2 Å². The van der Waals surface area contributed by atoms with Crippen LogP contribution in [0.25, 0.3) is 11.3 Å². The second kappa shape index (κ2) is 6.23. The largest absolute Gasteiger partial charge is 0.379 e. The van der Waals surface area contributed by atoms with Crippen molar-refractivity contribution in [1.29, 1.82) is 0 Å². The van der Waals surface area contributed by atoms with Gasteiger partial charge < -0.3 is 4.74 Å². The number of H-pyrrole nitrogens is 1. The van der Waals surface area contributed by atoms with E-state index >= 15 is 0 Å². The van der Waals surface area contributed by atoms with E-state index in [1.807, 2.05) is 0 Å². The van der Waals surface area contributed by atoms with Crippen LogP contribution in [-0.2, 0) is 14.8 Å². The molecule has 122 valence electrons. The van der Waals surface area contributed by atoms with Crippen molar-refractivity contribution in [3.8, 4) is 11.3 Å². The molecular formula is C15H17N3O4S. The van der Waals surface area contributed by atoms with E-state index in [4.69, 9.17) is 4.74 Å². The van der Waals surface area contributed by atoms with Crippen molar-refractivity contribution in [3.05, 3.63) is 46.2 Å². The number of benzene rings is 1. The van der Waals surface area contributed by atoms with Gasteiger partial charge in [0.05, 0.1) is 23.8 Å². The van der Waals surface area contributed by atoms with Crippen LogP contribution >= 0.6 is 0 Å². The average molecular weight is 335 g/mol. The summed E-state index contributed by atoms with van der Waals surface area (Å²) in [5.41, 5.74) is 1.52. The fraction of sp³-hybridized carbons (Fsp3) is 0.333. The highest BCUT2D eigenvalue weighted by Gasteiger charge is 2.28. The smallest absolute Gasteiger partial charge is 0.264 e.